The average Bonchev–Trinajstić information content (AvgIpc) is 2.31. The Kier molecular flexibility index (Phi) is 1.22. The lowest BCUT2D eigenvalue weighted by molar-refractivity contribution is 0.559. The van der Waals surface area contributed by atoms with E-state index < -0.39 is 0 Å². The van der Waals surface area contributed by atoms with E-state index in [1.54, 1.807) is 0 Å². The molecular formula is C9H9NO. The molecule has 0 amide bonds. The van der Waals surface area contributed by atoms with Crippen LogP contribution in [0.5, 0.6) is 0 Å². The third-order valence-electron chi connectivity index (χ3n) is 1.72. The van der Waals surface area contributed by atoms with Gasteiger partial charge in [-0.2, -0.15) is 0 Å². The first-order valence-corrected chi connectivity index (χ1v) is 3.60. The van der Waals surface area contributed by atoms with Crippen LogP contribution in [0.3, 0.4) is 0 Å². The van der Waals surface area contributed by atoms with Crippen molar-refractivity contribution in [1.29, 1.82) is 0 Å². The van der Waals surface area contributed by atoms with Gasteiger partial charge in [-0.15, -0.1) is 0 Å². The van der Waals surface area contributed by atoms with Gasteiger partial charge in [0.25, 0.3) is 0 Å². The van der Waals surface area contributed by atoms with E-state index in [9.17, 15) is 0 Å². The fourth-order valence-corrected chi connectivity index (χ4v) is 1.20. The summed E-state index contributed by atoms with van der Waals surface area (Å²) in [4.78, 5) is 4.21. The minimum Gasteiger partial charge on any atom is -0.441 e. The van der Waals surface area contributed by atoms with E-state index >= 15 is 0 Å². The Morgan fingerprint density at radius 2 is 2.09 bits per heavy atom. The highest BCUT2D eigenvalue weighted by atomic mass is 16.3. The fraction of sp³-hybridized carbons (Fsp3) is 0.222. The molecule has 0 spiro atoms. The molecule has 0 bridgehead atoms. The summed E-state index contributed by atoms with van der Waals surface area (Å²) in [6.07, 6.45) is 0. The van der Waals surface area contributed by atoms with Crippen LogP contribution in [0.15, 0.2) is 22.6 Å². The smallest absolute Gasteiger partial charge is 0.192 e. The van der Waals surface area contributed by atoms with Crippen LogP contribution in [0.2, 0.25) is 0 Å². The van der Waals surface area contributed by atoms with Crippen molar-refractivity contribution in [3.63, 3.8) is 0 Å². The maximum Gasteiger partial charge on any atom is 0.192 e. The highest BCUT2D eigenvalue weighted by molar-refractivity contribution is 5.75. The molecule has 1 aromatic carbocycles. The van der Waals surface area contributed by atoms with E-state index in [1.807, 2.05) is 32.0 Å². The number of aryl methyl sites for hydroxylation is 2. The van der Waals surface area contributed by atoms with E-state index in [0.29, 0.717) is 0 Å². The Hall–Kier alpha value is -1.31. The van der Waals surface area contributed by atoms with Crippen molar-refractivity contribution in [2.75, 3.05) is 0 Å². The van der Waals surface area contributed by atoms with E-state index in [0.717, 1.165) is 22.6 Å². The molecule has 1 aromatic heterocycles. The molecule has 2 heteroatoms. The zero-order valence-electron chi connectivity index (χ0n) is 6.59. The third-order valence-corrected chi connectivity index (χ3v) is 1.72. The molecule has 0 aliphatic heterocycles. The molecule has 0 aliphatic rings. The van der Waals surface area contributed by atoms with Crippen LogP contribution >= 0.6 is 0 Å². The van der Waals surface area contributed by atoms with Gasteiger partial charge in [0, 0.05) is 6.92 Å². The Morgan fingerprint density at radius 1 is 1.27 bits per heavy atom. The zero-order valence-corrected chi connectivity index (χ0v) is 6.59. The van der Waals surface area contributed by atoms with Crippen LogP contribution in [0.1, 0.15) is 11.5 Å². The lowest BCUT2D eigenvalue weighted by Crippen LogP contribution is -1.71. The standard InChI is InChI=1S/C9H9NO/c1-6-4-3-5-8-9(6)11-7(2)10-8/h3-5H,1-2H3. The lowest BCUT2D eigenvalue weighted by atomic mass is 10.2. The molecule has 2 aromatic rings. The van der Waals surface area contributed by atoms with Crippen LogP contribution < -0.4 is 0 Å². The lowest BCUT2D eigenvalue weighted by Gasteiger charge is -1.89. The third kappa shape index (κ3) is 0.909. The first-order valence-electron chi connectivity index (χ1n) is 3.60. The van der Waals surface area contributed by atoms with Crippen LogP contribution in [0, 0.1) is 13.8 Å². The van der Waals surface area contributed by atoms with Gasteiger partial charge in [-0.1, -0.05) is 12.1 Å². The molecule has 0 atom stereocenters. The Morgan fingerprint density at radius 3 is 2.82 bits per heavy atom. The number of nitrogens with zero attached hydrogens (tertiary/aromatic N) is 1. The van der Waals surface area contributed by atoms with Crippen molar-refractivity contribution in [3.05, 3.63) is 29.7 Å². The number of hydrogen-bond donors (Lipinski definition) is 0. The van der Waals surface area contributed by atoms with Gasteiger partial charge in [-0.25, -0.2) is 4.98 Å². The summed E-state index contributed by atoms with van der Waals surface area (Å²) >= 11 is 0. The molecule has 11 heavy (non-hydrogen) atoms. The minimum absolute atomic E-state index is 0.731. The molecule has 56 valence electrons. The van der Waals surface area contributed by atoms with Crippen molar-refractivity contribution < 1.29 is 4.42 Å². The number of fused-ring (bicyclic) bond motifs is 1. The van der Waals surface area contributed by atoms with Gasteiger partial charge >= 0.3 is 0 Å². The Balaban J connectivity index is 2.90. The fourth-order valence-electron chi connectivity index (χ4n) is 1.20. The van der Waals surface area contributed by atoms with Gasteiger partial charge in [-0.05, 0) is 18.6 Å². The van der Waals surface area contributed by atoms with Crippen molar-refractivity contribution in [1.82, 2.24) is 4.98 Å². The first-order chi connectivity index (χ1) is 5.27. The molecule has 0 unspecified atom stereocenters. The molecule has 2 nitrogen and oxygen atoms in total. The van der Waals surface area contributed by atoms with E-state index in [4.69, 9.17) is 4.42 Å². The molecular weight excluding hydrogens is 138 g/mol. The molecule has 1 heterocycles. The largest absolute Gasteiger partial charge is 0.441 e. The summed E-state index contributed by atoms with van der Waals surface area (Å²) in [6.45, 7) is 3.88. The van der Waals surface area contributed by atoms with Crippen molar-refractivity contribution in [3.8, 4) is 0 Å². The molecule has 2 rings (SSSR count). The SMILES string of the molecule is Cc1nc2cccc(C)c2o1. The molecule has 0 radical (unpaired) electrons. The van der Waals surface area contributed by atoms with Gasteiger partial charge in [0.15, 0.2) is 11.5 Å². The summed E-state index contributed by atoms with van der Waals surface area (Å²) in [5.74, 6) is 0.731. The average molecular weight is 147 g/mol. The molecule has 0 fully saturated rings. The quantitative estimate of drug-likeness (QED) is 0.572. The number of oxazole rings is 1. The maximum atomic E-state index is 5.39. The van der Waals surface area contributed by atoms with Crippen molar-refractivity contribution in [2.24, 2.45) is 0 Å². The number of aromatic nitrogens is 1. The normalized spacial score (nSPS) is 10.7. The zero-order chi connectivity index (χ0) is 7.84. The van der Waals surface area contributed by atoms with Gasteiger partial charge < -0.3 is 4.42 Å². The summed E-state index contributed by atoms with van der Waals surface area (Å²) < 4.78 is 5.39. The monoisotopic (exact) mass is 147 g/mol. The van der Waals surface area contributed by atoms with E-state index in [2.05, 4.69) is 4.98 Å². The Bertz CT molecular complexity index is 389. The minimum atomic E-state index is 0.731. The van der Waals surface area contributed by atoms with Gasteiger partial charge in [0.05, 0.1) is 0 Å². The number of benzene rings is 1. The second kappa shape index (κ2) is 2.09. The number of hydrogen-bond acceptors (Lipinski definition) is 2. The van der Waals surface area contributed by atoms with Gasteiger partial charge in [0.1, 0.15) is 5.52 Å². The predicted octanol–water partition coefficient (Wildman–Crippen LogP) is 2.44. The van der Waals surface area contributed by atoms with Crippen LogP contribution in [0.25, 0.3) is 11.1 Å². The highest BCUT2D eigenvalue weighted by Crippen LogP contribution is 2.18. The van der Waals surface area contributed by atoms with E-state index in [-0.39, 0.29) is 0 Å². The Labute approximate surface area is 64.9 Å². The van der Waals surface area contributed by atoms with Crippen LogP contribution in [-0.4, -0.2) is 4.98 Å². The number of para-hydroxylation sites is 1. The van der Waals surface area contributed by atoms with Gasteiger partial charge in [-0.3, -0.25) is 0 Å². The summed E-state index contributed by atoms with van der Waals surface area (Å²) in [6, 6.07) is 5.96. The van der Waals surface area contributed by atoms with Gasteiger partial charge in [0.2, 0.25) is 0 Å². The second-order valence-electron chi connectivity index (χ2n) is 2.66. The van der Waals surface area contributed by atoms with Crippen molar-refractivity contribution >= 4 is 11.1 Å². The molecule has 0 saturated carbocycles. The van der Waals surface area contributed by atoms with Crippen molar-refractivity contribution in [2.45, 2.75) is 13.8 Å². The molecule has 0 aliphatic carbocycles. The highest BCUT2D eigenvalue weighted by Gasteiger charge is 2.02. The predicted molar refractivity (Wildman–Crippen MR) is 43.5 cm³/mol. The maximum absolute atomic E-state index is 5.39. The van der Waals surface area contributed by atoms with Crippen LogP contribution in [-0.2, 0) is 0 Å². The summed E-state index contributed by atoms with van der Waals surface area (Å²) in [5, 5.41) is 0. The molecule has 0 saturated heterocycles. The molecule has 0 N–H and O–H groups in total. The second-order valence-corrected chi connectivity index (χ2v) is 2.66. The number of rotatable bonds is 0. The van der Waals surface area contributed by atoms with E-state index in [1.165, 1.54) is 0 Å². The first kappa shape index (κ1) is 6.40. The van der Waals surface area contributed by atoms with Crippen LogP contribution in [0.4, 0.5) is 0 Å². The summed E-state index contributed by atoms with van der Waals surface area (Å²) in [7, 11) is 0. The summed E-state index contributed by atoms with van der Waals surface area (Å²) in [5.41, 5.74) is 3.00. The topological polar surface area (TPSA) is 26.0 Å².